The summed E-state index contributed by atoms with van der Waals surface area (Å²) in [6.07, 6.45) is 5.44. The van der Waals surface area contributed by atoms with Crippen molar-refractivity contribution in [1.29, 1.82) is 0 Å². The minimum atomic E-state index is -0.152. The molecule has 0 unspecified atom stereocenters. The number of anilines is 1. The molecule has 1 N–H and O–H groups in total. The van der Waals surface area contributed by atoms with Crippen LogP contribution in [0.1, 0.15) is 50.7 Å². The van der Waals surface area contributed by atoms with E-state index < -0.39 is 0 Å². The van der Waals surface area contributed by atoms with Gasteiger partial charge in [0.1, 0.15) is 5.75 Å². The average Bonchev–Trinajstić information content (AvgIpc) is 2.61. The van der Waals surface area contributed by atoms with Crippen molar-refractivity contribution in [2.75, 3.05) is 11.9 Å². The Balaban J connectivity index is 1.98. The summed E-state index contributed by atoms with van der Waals surface area (Å²) >= 11 is 0. The van der Waals surface area contributed by atoms with Gasteiger partial charge in [0.2, 0.25) is 5.91 Å². The molecule has 2 rings (SSSR count). The van der Waals surface area contributed by atoms with Crippen LogP contribution in [0, 0.1) is 0 Å². The van der Waals surface area contributed by atoms with E-state index in [0.717, 1.165) is 29.8 Å². The molecule has 2 aromatic rings. The number of ether oxygens (including phenoxy) is 1. The highest BCUT2D eigenvalue weighted by molar-refractivity contribution is 6.02. The molecule has 0 atom stereocenters. The zero-order chi connectivity index (χ0) is 18.1. The van der Waals surface area contributed by atoms with Crippen molar-refractivity contribution >= 4 is 17.7 Å². The first kappa shape index (κ1) is 18.8. The van der Waals surface area contributed by atoms with Crippen molar-refractivity contribution in [1.82, 2.24) is 0 Å². The topological polar surface area (TPSA) is 38.3 Å². The smallest absolute Gasteiger partial charge is 0.248 e. The Morgan fingerprint density at radius 1 is 1.12 bits per heavy atom. The molecule has 3 nitrogen and oxygen atoms in total. The van der Waals surface area contributed by atoms with Gasteiger partial charge in [-0.2, -0.15) is 0 Å². The Labute approximate surface area is 150 Å². The highest BCUT2D eigenvalue weighted by Gasteiger charge is 2.03. The molecule has 0 spiro atoms. The van der Waals surface area contributed by atoms with E-state index in [-0.39, 0.29) is 5.91 Å². The van der Waals surface area contributed by atoms with Gasteiger partial charge in [-0.25, -0.2) is 0 Å². The SMILES string of the molecule is CCCCOc1ccccc1/C=C/C(=O)Nc1ccc(C(C)C)cc1. The summed E-state index contributed by atoms with van der Waals surface area (Å²) in [5, 5.41) is 2.88. The van der Waals surface area contributed by atoms with Gasteiger partial charge in [-0.1, -0.05) is 57.5 Å². The minimum Gasteiger partial charge on any atom is -0.493 e. The fraction of sp³-hybridized carbons (Fsp3) is 0.318. The monoisotopic (exact) mass is 337 g/mol. The fourth-order valence-electron chi connectivity index (χ4n) is 2.38. The summed E-state index contributed by atoms with van der Waals surface area (Å²) in [5.74, 6) is 1.14. The van der Waals surface area contributed by atoms with E-state index in [2.05, 4.69) is 26.1 Å². The number of nitrogens with one attached hydrogen (secondary N) is 1. The number of hydrogen-bond acceptors (Lipinski definition) is 2. The highest BCUT2D eigenvalue weighted by Crippen LogP contribution is 2.20. The maximum Gasteiger partial charge on any atom is 0.248 e. The molecule has 0 aliphatic heterocycles. The zero-order valence-electron chi connectivity index (χ0n) is 15.3. The van der Waals surface area contributed by atoms with Crippen LogP contribution in [0.5, 0.6) is 5.75 Å². The van der Waals surface area contributed by atoms with E-state index in [4.69, 9.17) is 4.74 Å². The van der Waals surface area contributed by atoms with Crippen LogP contribution in [0.15, 0.2) is 54.6 Å². The molecule has 0 aromatic heterocycles. The fourth-order valence-corrected chi connectivity index (χ4v) is 2.38. The van der Waals surface area contributed by atoms with Crippen LogP contribution in [0.2, 0.25) is 0 Å². The second-order valence-corrected chi connectivity index (χ2v) is 6.34. The normalized spacial score (nSPS) is 11.0. The number of benzene rings is 2. The Morgan fingerprint density at radius 3 is 2.52 bits per heavy atom. The summed E-state index contributed by atoms with van der Waals surface area (Å²) in [5.41, 5.74) is 2.96. The number of carbonyl (C=O) groups excluding carboxylic acids is 1. The summed E-state index contributed by atoms with van der Waals surface area (Å²) in [6.45, 7) is 7.12. The number of carbonyl (C=O) groups is 1. The molecule has 0 aliphatic rings. The molecule has 0 radical (unpaired) electrons. The molecule has 25 heavy (non-hydrogen) atoms. The molecule has 132 valence electrons. The van der Waals surface area contributed by atoms with Gasteiger partial charge in [0.25, 0.3) is 0 Å². The van der Waals surface area contributed by atoms with Crippen LogP contribution in [-0.2, 0) is 4.79 Å². The first-order chi connectivity index (χ1) is 12.1. The molecule has 0 saturated heterocycles. The Morgan fingerprint density at radius 2 is 1.84 bits per heavy atom. The van der Waals surface area contributed by atoms with Gasteiger partial charge in [-0.15, -0.1) is 0 Å². The summed E-state index contributed by atoms with van der Waals surface area (Å²) < 4.78 is 5.78. The molecule has 1 amide bonds. The lowest BCUT2D eigenvalue weighted by molar-refractivity contribution is -0.111. The molecular formula is C22H27NO2. The van der Waals surface area contributed by atoms with E-state index in [9.17, 15) is 4.79 Å². The summed E-state index contributed by atoms with van der Waals surface area (Å²) in [6, 6.07) is 15.7. The Kier molecular flexibility index (Phi) is 7.27. The van der Waals surface area contributed by atoms with Crippen LogP contribution < -0.4 is 10.1 Å². The lowest BCUT2D eigenvalue weighted by atomic mass is 10.0. The average molecular weight is 337 g/mol. The van der Waals surface area contributed by atoms with Gasteiger partial charge in [0.05, 0.1) is 6.61 Å². The van der Waals surface area contributed by atoms with Gasteiger partial charge in [0, 0.05) is 17.3 Å². The standard InChI is InChI=1S/C22H27NO2/c1-4-5-16-25-21-9-7-6-8-19(21)12-15-22(24)23-20-13-10-18(11-14-20)17(2)3/h6-15,17H,4-5,16H2,1-3H3,(H,23,24)/b15-12+. The lowest BCUT2D eigenvalue weighted by Crippen LogP contribution is -2.07. The second-order valence-electron chi connectivity index (χ2n) is 6.34. The largest absolute Gasteiger partial charge is 0.493 e. The third-order valence-electron chi connectivity index (χ3n) is 3.93. The predicted octanol–water partition coefficient (Wildman–Crippen LogP) is 5.64. The van der Waals surface area contributed by atoms with Gasteiger partial charge in [-0.3, -0.25) is 4.79 Å². The molecule has 0 heterocycles. The van der Waals surface area contributed by atoms with Gasteiger partial charge in [0.15, 0.2) is 0 Å². The van der Waals surface area contributed by atoms with Crippen LogP contribution in [-0.4, -0.2) is 12.5 Å². The van der Waals surface area contributed by atoms with Crippen molar-refractivity contribution in [2.24, 2.45) is 0 Å². The third-order valence-corrected chi connectivity index (χ3v) is 3.93. The number of rotatable bonds is 8. The first-order valence-corrected chi connectivity index (χ1v) is 8.91. The molecule has 3 heteroatoms. The van der Waals surface area contributed by atoms with Crippen LogP contribution in [0.25, 0.3) is 6.08 Å². The van der Waals surface area contributed by atoms with E-state index in [1.807, 2.05) is 48.5 Å². The molecule has 0 aliphatic carbocycles. The van der Waals surface area contributed by atoms with Crippen molar-refractivity contribution < 1.29 is 9.53 Å². The number of para-hydroxylation sites is 1. The molecule has 2 aromatic carbocycles. The summed E-state index contributed by atoms with van der Waals surface area (Å²) in [7, 11) is 0. The highest BCUT2D eigenvalue weighted by atomic mass is 16.5. The zero-order valence-corrected chi connectivity index (χ0v) is 15.3. The predicted molar refractivity (Wildman–Crippen MR) is 105 cm³/mol. The number of amides is 1. The lowest BCUT2D eigenvalue weighted by Gasteiger charge is -2.09. The molecular weight excluding hydrogens is 310 g/mol. The summed E-state index contributed by atoms with van der Waals surface area (Å²) in [4.78, 5) is 12.1. The van der Waals surface area contributed by atoms with Crippen LogP contribution in [0.3, 0.4) is 0 Å². The Hall–Kier alpha value is -2.55. The maximum absolute atomic E-state index is 12.1. The minimum absolute atomic E-state index is 0.152. The maximum atomic E-state index is 12.1. The molecule has 0 bridgehead atoms. The van der Waals surface area contributed by atoms with Gasteiger partial charge in [-0.05, 0) is 42.2 Å². The third kappa shape index (κ3) is 6.11. The van der Waals surface area contributed by atoms with Gasteiger partial charge < -0.3 is 10.1 Å². The van der Waals surface area contributed by atoms with E-state index >= 15 is 0 Å². The number of unbranched alkanes of at least 4 members (excludes halogenated alkanes) is 1. The van der Waals surface area contributed by atoms with Crippen molar-refractivity contribution in [3.05, 3.63) is 65.7 Å². The van der Waals surface area contributed by atoms with Gasteiger partial charge >= 0.3 is 0 Å². The van der Waals surface area contributed by atoms with E-state index in [0.29, 0.717) is 12.5 Å². The van der Waals surface area contributed by atoms with Crippen molar-refractivity contribution in [2.45, 2.75) is 39.5 Å². The second kappa shape index (κ2) is 9.67. The Bertz CT molecular complexity index is 702. The first-order valence-electron chi connectivity index (χ1n) is 8.91. The quantitative estimate of drug-likeness (QED) is 0.500. The molecule has 0 saturated carbocycles. The van der Waals surface area contributed by atoms with Crippen molar-refractivity contribution in [3.63, 3.8) is 0 Å². The van der Waals surface area contributed by atoms with Crippen LogP contribution in [0.4, 0.5) is 5.69 Å². The van der Waals surface area contributed by atoms with E-state index in [1.54, 1.807) is 12.2 Å². The molecule has 0 fully saturated rings. The number of hydrogen-bond donors (Lipinski definition) is 1. The van der Waals surface area contributed by atoms with Crippen molar-refractivity contribution in [3.8, 4) is 5.75 Å². The van der Waals surface area contributed by atoms with E-state index in [1.165, 1.54) is 5.56 Å². The van der Waals surface area contributed by atoms with Crippen LogP contribution >= 0.6 is 0 Å².